The number of amides is 2. The first-order valence-corrected chi connectivity index (χ1v) is 16.3. The topological polar surface area (TPSA) is 101 Å². The second-order valence-electron chi connectivity index (χ2n) is 11.7. The molecule has 6 rings (SSSR count). The van der Waals surface area contributed by atoms with E-state index in [9.17, 15) is 14.4 Å². The zero-order chi connectivity index (χ0) is 31.7. The van der Waals surface area contributed by atoms with Gasteiger partial charge in [0, 0.05) is 75.8 Å². The molecule has 2 amide bonds. The first-order chi connectivity index (χ1) is 22.6. The van der Waals surface area contributed by atoms with Crippen LogP contribution >= 0.6 is 0 Å². The van der Waals surface area contributed by atoms with Crippen LogP contribution in [0.3, 0.4) is 0 Å². The van der Waals surface area contributed by atoms with Crippen molar-refractivity contribution < 1.29 is 14.3 Å². The van der Waals surface area contributed by atoms with E-state index in [-0.39, 0.29) is 24.0 Å². The van der Waals surface area contributed by atoms with Crippen LogP contribution in [0.5, 0.6) is 0 Å². The molecule has 10 nitrogen and oxygen atoms in total. The lowest BCUT2D eigenvalue weighted by Gasteiger charge is -2.28. The lowest BCUT2D eigenvalue weighted by atomic mass is 10.1. The molecule has 2 aliphatic rings. The molecule has 2 aliphatic heterocycles. The molecule has 0 unspecified atom stereocenters. The molecule has 10 heteroatoms. The van der Waals surface area contributed by atoms with Gasteiger partial charge in [0.05, 0.1) is 18.0 Å². The summed E-state index contributed by atoms with van der Waals surface area (Å²) in [7, 11) is 0. The van der Waals surface area contributed by atoms with Gasteiger partial charge in [-0.3, -0.25) is 18.7 Å². The monoisotopic (exact) mass is 622 g/mol. The number of benzene rings is 3. The van der Waals surface area contributed by atoms with Crippen molar-refractivity contribution >= 4 is 17.5 Å². The van der Waals surface area contributed by atoms with Gasteiger partial charge >= 0.3 is 5.69 Å². The third-order valence-corrected chi connectivity index (χ3v) is 8.60. The fraction of sp³-hybridized carbons (Fsp3) is 0.361. The molecule has 4 aromatic rings. The molecule has 46 heavy (non-hydrogen) atoms. The molecule has 0 aliphatic carbocycles. The van der Waals surface area contributed by atoms with Crippen molar-refractivity contribution in [1.82, 2.24) is 24.7 Å². The van der Waals surface area contributed by atoms with Crippen LogP contribution in [0.4, 0.5) is 5.69 Å². The summed E-state index contributed by atoms with van der Waals surface area (Å²) in [6.45, 7) is 6.28. The molecule has 0 saturated carbocycles. The maximum Gasteiger partial charge on any atom is 0.333 e. The number of anilines is 1. The minimum Gasteiger partial charge on any atom is -0.380 e. The fourth-order valence-corrected chi connectivity index (χ4v) is 6.20. The second kappa shape index (κ2) is 15.1. The van der Waals surface area contributed by atoms with Crippen LogP contribution in [0.25, 0.3) is 16.9 Å². The first kappa shape index (κ1) is 31.3. The van der Waals surface area contributed by atoms with Gasteiger partial charge in [-0.15, -0.1) is 0 Å². The fourth-order valence-electron chi connectivity index (χ4n) is 6.20. The zero-order valence-electron chi connectivity index (χ0n) is 26.2. The van der Waals surface area contributed by atoms with E-state index in [2.05, 4.69) is 21.6 Å². The van der Waals surface area contributed by atoms with Crippen molar-refractivity contribution in [2.45, 2.75) is 25.8 Å². The number of carbonyl (C=O) groups excluding carboxylic acids is 2. The van der Waals surface area contributed by atoms with Gasteiger partial charge in [0.25, 0.3) is 11.8 Å². The molecule has 0 spiro atoms. The number of aromatic nitrogens is 2. The van der Waals surface area contributed by atoms with Gasteiger partial charge in [-0.05, 0) is 49.6 Å². The maximum atomic E-state index is 14.5. The van der Waals surface area contributed by atoms with Gasteiger partial charge in [-0.2, -0.15) is 0 Å². The summed E-state index contributed by atoms with van der Waals surface area (Å²) in [5.74, 6) is -0.333. The summed E-state index contributed by atoms with van der Waals surface area (Å²) in [5.41, 5.74) is 3.76. The standard InChI is InChI=1S/C36H42N6O4/c43-34(29-13-5-2-6-14-29)38-17-10-21-41-33(35(44)40-22-18-37-19-23-40)32(28-11-3-1-4-12-28)42(36(41)45)31-16-9-15-30(27-31)39-20-7-8-25-46-26-24-39/h1-6,9,11-16,27,37H,7-8,10,17-26H2,(H,38,43). The van der Waals surface area contributed by atoms with Crippen LogP contribution in [-0.2, 0) is 11.3 Å². The number of piperazine rings is 1. The Balaban J connectivity index is 1.40. The number of nitrogens with one attached hydrogen (secondary N) is 2. The van der Waals surface area contributed by atoms with Crippen molar-refractivity contribution in [3.05, 3.63) is 107 Å². The predicted molar refractivity (Wildman–Crippen MR) is 180 cm³/mol. The molecular formula is C36H42N6O4. The summed E-state index contributed by atoms with van der Waals surface area (Å²) in [6, 6.07) is 26.8. The van der Waals surface area contributed by atoms with Crippen molar-refractivity contribution in [3.8, 4) is 16.9 Å². The van der Waals surface area contributed by atoms with E-state index in [1.54, 1.807) is 21.3 Å². The summed E-state index contributed by atoms with van der Waals surface area (Å²) in [6.07, 6.45) is 2.52. The van der Waals surface area contributed by atoms with Crippen molar-refractivity contribution in [2.24, 2.45) is 0 Å². The van der Waals surface area contributed by atoms with Crippen LogP contribution in [0.15, 0.2) is 89.7 Å². The molecule has 240 valence electrons. The molecule has 1 aromatic heterocycles. The lowest BCUT2D eigenvalue weighted by molar-refractivity contribution is 0.0724. The highest BCUT2D eigenvalue weighted by Gasteiger charge is 2.31. The Morgan fingerprint density at radius 1 is 0.804 bits per heavy atom. The van der Waals surface area contributed by atoms with Gasteiger partial charge in [-0.1, -0.05) is 54.6 Å². The highest BCUT2D eigenvalue weighted by Crippen LogP contribution is 2.29. The number of rotatable bonds is 9. The Bertz CT molecular complexity index is 1670. The van der Waals surface area contributed by atoms with Crippen molar-refractivity contribution in [3.63, 3.8) is 0 Å². The van der Waals surface area contributed by atoms with Crippen LogP contribution in [0.1, 0.15) is 40.1 Å². The molecule has 3 heterocycles. The highest BCUT2D eigenvalue weighted by molar-refractivity contribution is 5.99. The predicted octanol–water partition coefficient (Wildman–Crippen LogP) is 3.79. The van der Waals surface area contributed by atoms with E-state index in [4.69, 9.17) is 4.74 Å². The average Bonchev–Trinajstić information content (AvgIpc) is 3.38. The number of hydrogen-bond donors (Lipinski definition) is 2. The molecule has 2 N–H and O–H groups in total. The molecule has 3 aromatic carbocycles. The third-order valence-electron chi connectivity index (χ3n) is 8.60. The summed E-state index contributed by atoms with van der Waals surface area (Å²) in [5, 5.41) is 6.27. The molecule has 0 bridgehead atoms. The van der Waals surface area contributed by atoms with Crippen LogP contribution in [0.2, 0.25) is 0 Å². The third kappa shape index (κ3) is 7.08. The van der Waals surface area contributed by atoms with Gasteiger partial charge in [-0.25, -0.2) is 4.79 Å². The molecular weight excluding hydrogens is 580 g/mol. The van der Waals surface area contributed by atoms with Gasteiger partial charge < -0.3 is 25.2 Å². The Morgan fingerprint density at radius 3 is 2.33 bits per heavy atom. The Morgan fingerprint density at radius 2 is 1.54 bits per heavy atom. The molecule has 0 radical (unpaired) electrons. The SMILES string of the molecule is O=C(NCCCn1c(C(=O)N2CCNCC2)c(-c2ccccc2)n(-c2cccc(N3CCCCOCC3)c2)c1=O)c1ccccc1. The summed E-state index contributed by atoms with van der Waals surface area (Å²) < 4.78 is 9.05. The minimum absolute atomic E-state index is 0.165. The van der Waals surface area contributed by atoms with E-state index >= 15 is 0 Å². The number of nitrogens with zero attached hydrogens (tertiary/aromatic N) is 4. The Hall–Kier alpha value is -4.67. The quantitative estimate of drug-likeness (QED) is 0.276. The second-order valence-corrected chi connectivity index (χ2v) is 11.7. The highest BCUT2D eigenvalue weighted by atomic mass is 16.5. The number of hydrogen-bond acceptors (Lipinski definition) is 6. The minimum atomic E-state index is -0.278. The smallest absolute Gasteiger partial charge is 0.333 e. The molecule has 2 saturated heterocycles. The average molecular weight is 623 g/mol. The normalized spacial score (nSPS) is 15.7. The van der Waals surface area contributed by atoms with Gasteiger partial charge in [0.15, 0.2) is 0 Å². The van der Waals surface area contributed by atoms with E-state index < -0.39 is 0 Å². The summed E-state index contributed by atoms with van der Waals surface area (Å²) in [4.78, 5) is 45.7. The number of imidazole rings is 1. The van der Waals surface area contributed by atoms with Gasteiger partial charge in [0.2, 0.25) is 0 Å². The van der Waals surface area contributed by atoms with Gasteiger partial charge in [0.1, 0.15) is 5.69 Å². The van der Waals surface area contributed by atoms with E-state index in [0.29, 0.717) is 68.4 Å². The number of carbonyl (C=O) groups is 2. The van der Waals surface area contributed by atoms with Crippen LogP contribution < -0.4 is 21.2 Å². The van der Waals surface area contributed by atoms with Crippen molar-refractivity contribution in [2.75, 3.05) is 63.9 Å². The lowest BCUT2D eigenvalue weighted by Crippen LogP contribution is -2.47. The van der Waals surface area contributed by atoms with E-state index in [1.165, 1.54) is 0 Å². The molecule has 0 atom stereocenters. The van der Waals surface area contributed by atoms with Crippen molar-refractivity contribution in [1.29, 1.82) is 0 Å². The Kier molecular flexibility index (Phi) is 10.3. The Labute approximate surface area is 269 Å². The maximum absolute atomic E-state index is 14.5. The zero-order valence-corrected chi connectivity index (χ0v) is 26.2. The largest absolute Gasteiger partial charge is 0.380 e. The number of ether oxygens (including phenoxy) is 1. The molecule has 2 fully saturated rings. The van der Waals surface area contributed by atoms with Crippen LogP contribution in [-0.4, -0.2) is 84.9 Å². The first-order valence-electron chi connectivity index (χ1n) is 16.3. The van der Waals surface area contributed by atoms with E-state index in [1.807, 2.05) is 71.6 Å². The summed E-state index contributed by atoms with van der Waals surface area (Å²) >= 11 is 0. The van der Waals surface area contributed by atoms with Crippen LogP contribution in [0, 0.1) is 0 Å². The van der Waals surface area contributed by atoms with E-state index in [0.717, 1.165) is 43.8 Å².